The number of aromatic nitrogens is 1. The van der Waals surface area contributed by atoms with Crippen LogP contribution in [0.25, 0.3) is 10.9 Å². The Hall–Kier alpha value is -2.48. The maximum absolute atomic E-state index is 12.3. The van der Waals surface area contributed by atoms with Gasteiger partial charge in [-0.05, 0) is 24.3 Å². The van der Waals surface area contributed by atoms with Crippen molar-refractivity contribution >= 4 is 22.6 Å². The maximum Gasteiger partial charge on any atom is 0.387 e. The van der Waals surface area contributed by atoms with Gasteiger partial charge in [0.1, 0.15) is 5.52 Å². The molecule has 112 valence electrons. The first kappa shape index (κ1) is 14.9. The first-order valence-corrected chi connectivity index (χ1v) is 6.10. The second kappa shape index (κ2) is 6.80. The summed E-state index contributed by atoms with van der Waals surface area (Å²) in [5.41, 5.74) is 0.618. The average Bonchev–Trinajstić information content (AvgIpc) is 2.47. The molecule has 0 spiro atoms. The van der Waals surface area contributed by atoms with Crippen molar-refractivity contribution in [3.05, 3.63) is 30.5 Å². The molecule has 0 atom stereocenters. The summed E-state index contributed by atoms with van der Waals surface area (Å²) in [6.07, 6.45) is 1.44. The summed E-state index contributed by atoms with van der Waals surface area (Å²) >= 11 is 0. The van der Waals surface area contributed by atoms with Crippen LogP contribution >= 0.6 is 0 Å². The van der Waals surface area contributed by atoms with E-state index in [0.717, 1.165) is 0 Å². The molecule has 0 saturated carbocycles. The monoisotopic (exact) mass is 297 g/mol. The number of nitrogens with zero attached hydrogens (tertiary/aromatic N) is 1. The standard InChI is InChI=1S/C13H13F2N3O3/c14-12(15)21-10-4-3-9(18-13(20)17-6-7-19)8-2-1-5-16-11(8)10/h1-5,12,19H,6-7H2,(H2,17,18,20). The van der Waals surface area contributed by atoms with Crippen LogP contribution in [0.5, 0.6) is 5.75 Å². The van der Waals surface area contributed by atoms with Crippen LogP contribution in [-0.2, 0) is 0 Å². The van der Waals surface area contributed by atoms with E-state index >= 15 is 0 Å². The zero-order valence-electron chi connectivity index (χ0n) is 10.8. The minimum absolute atomic E-state index is 0.0677. The van der Waals surface area contributed by atoms with E-state index in [2.05, 4.69) is 20.4 Å². The van der Waals surface area contributed by atoms with Crippen LogP contribution in [0, 0.1) is 0 Å². The van der Waals surface area contributed by atoms with E-state index in [-0.39, 0.29) is 24.4 Å². The number of ether oxygens (including phenoxy) is 1. The van der Waals surface area contributed by atoms with Crippen LogP contribution < -0.4 is 15.4 Å². The van der Waals surface area contributed by atoms with Gasteiger partial charge in [0.2, 0.25) is 0 Å². The molecule has 6 nitrogen and oxygen atoms in total. The van der Waals surface area contributed by atoms with Gasteiger partial charge >= 0.3 is 12.6 Å². The van der Waals surface area contributed by atoms with E-state index < -0.39 is 12.6 Å². The van der Waals surface area contributed by atoms with Crippen molar-refractivity contribution in [3.8, 4) is 5.75 Å². The maximum atomic E-state index is 12.3. The van der Waals surface area contributed by atoms with Crippen LogP contribution in [0.1, 0.15) is 0 Å². The number of nitrogens with one attached hydrogen (secondary N) is 2. The van der Waals surface area contributed by atoms with Crippen molar-refractivity contribution in [3.63, 3.8) is 0 Å². The number of halogens is 2. The number of aliphatic hydroxyl groups excluding tert-OH is 1. The molecule has 2 aromatic rings. The van der Waals surface area contributed by atoms with E-state index in [1.165, 1.54) is 18.3 Å². The van der Waals surface area contributed by atoms with Crippen LogP contribution in [0.15, 0.2) is 30.5 Å². The van der Waals surface area contributed by atoms with Gasteiger partial charge in [0.05, 0.1) is 12.3 Å². The summed E-state index contributed by atoms with van der Waals surface area (Å²) in [5, 5.41) is 14.1. The Balaban J connectivity index is 2.31. The number of pyridine rings is 1. The molecule has 0 saturated heterocycles. The first-order chi connectivity index (χ1) is 10.1. The number of aliphatic hydroxyl groups is 1. The number of hydrogen-bond donors (Lipinski definition) is 3. The lowest BCUT2D eigenvalue weighted by Gasteiger charge is -2.12. The molecule has 2 amide bonds. The van der Waals surface area contributed by atoms with E-state index in [4.69, 9.17) is 5.11 Å². The largest absolute Gasteiger partial charge is 0.432 e. The summed E-state index contributed by atoms with van der Waals surface area (Å²) < 4.78 is 29.1. The summed E-state index contributed by atoms with van der Waals surface area (Å²) in [6.45, 7) is -3.03. The summed E-state index contributed by atoms with van der Waals surface area (Å²) in [7, 11) is 0. The molecule has 0 aliphatic heterocycles. The number of amides is 2. The number of benzene rings is 1. The molecule has 0 bridgehead atoms. The smallest absolute Gasteiger partial charge is 0.387 e. The lowest BCUT2D eigenvalue weighted by molar-refractivity contribution is -0.0489. The van der Waals surface area contributed by atoms with Gasteiger partial charge in [0, 0.05) is 18.1 Å². The quantitative estimate of drug-likeness (QED) is 0.787. The van der Waals surface area contributed by atoms with E-state index in [9.17, 15) is 13.6 Å². The number of carbonyl (C=O) groups excluding carboxylic acids is 1. The molecule has 1 aromatic carbocycles. The summed E-state index contributed by atoms with van der Waals surface area (Å²) in [4.78, 5) is 15.6. The Morgan fingerprint density at radius 3 is 2.90 bits per heavy atom. The molecule has 0 radical (unpaired) electrons. The highest BCUT2D eigenvalue weighted by Crippen LogP contribution is 2.30. The van der Waals surface area contributed by atoms with Crippen molar-refractivity contribution in [1.82, 2.24) is 10.3 Å². The second-order valence-corrected chi connectivity index (χ2v) is 3.99. The van der Waals surface area contributed by atoms with Gasteiger partial charge in [0.15, 0.2) is 5.75 Å². The highest BCUT2D eigenvalue weighted by atomic mass is 19.3. The van der Waals surface area contributed by atoms with E-state index in [0.29, 0.717) is 11.1 Å². The number of anilines is 1. The first-order valence-electron chi connectivity index (χ1n) is 6.10. The number of rotatable bonds is 5. The van der Waals surface area contributed by atoms with Gasteiger partial charge in [-0.2, -0.15) is 8.78 Å². The van der Waals surface area contributed by atoms with Gasteiger partial charge in [-0.3, -0.25) is 4.98 Å². The predicted molar refractivity (Wildman–Crippen MR) is 72.5 cm³/mol. The minimum Gasteiger partial charge on any atom is -0.432 e. The second-order valence-electron chi connectivity index (χ2n) is 3.99. The van der Waals surface area contributed by atoms with Crippen molar-refractivity contribution in [2.24, 2.45) is 0 Å². The SMILES string of the molecule is O=C(NCCO)Nc1ccc(OC(F)F)c2ncccc12. The topological polar surface area (TPSA) is 83.5 Å². The molecule has 8 heteroatoms. The highest BCUT2D eigenvalue weighted by molar-refractivity contribution is 6.02. The summed E-state index contributed by atoms with van der Waals surface area (Å²) in [6, 6.07) is 5.48. The molecular formula is C13H13F2N3O3. The Morgan fingerprint density at radius 2 is 2.19 bits per heavy atom. The molecule has 0 aliphatic carbocycles. The molecule has 0 aliphatic rings. The summed E-state index contributed by atoms with van der Waals surface area (Å²) in [5.74, 6) is -0.0677. The number of urea groups is 1. The van der Waals surface area contributed by atoms with Crippen molar-refractivity contribution in [2.75, 3.05) is 18.5 Å². The zero-order valence-corrected chi connectivity index (χ0v) is 10.8. The number of fused-ring (bicyclic) bond motifs is 1. The fraction of sp³-hybridized carbons (Fsp3) is 0.231. The zero-order chi connectivity index (χ0) is 15.2. The lowest BCUT2D eigenvalue weighted by atomic mass is 10.1. The van der Waals surface area contributed by atoms with Gasteiger partial charge in [-0.15, -0.1) is 0 Å². The molecule has 21 heavy (non-hydrogen) atoms. The third-order valence-electron chi connectivity index (χ3n) is 2.59. The molecule has 0 unspecified atom stereocenters. The minimum atomic E-state index is -2.96. The number of hydrogen-bond acceptors (Lipinski definition) is 4. The fourth-order valence-corrected chi connectivity index (χ4v) is 1.78. The molecule has 1 heterocycles. The predicted octanol–water partition coefficient (Wildman–Crippen LogP) is 1.95. The normalized spacial score (nSPS) is 10.7. The van der Waals surface area contributed by atoms with Gasteiger partial charge in [0.25, 0.3) is 0 Å². The number of alkyl halides is 2. The van der Waals surface area contributed by atoms with E-state index in [1.54, 1.807) is 12.1 Å². The molecule has 0 fully saturated rings. The van der Waals surface area contributed by atoms with Crippen molar-refractivity contribution < 1.29 is 23.4 Å². The Morgan fingerprint density at radius 1 is 1.38 bits per heavy atom. The molecule has 3 N–H and O–H groups in total. The van der Waals surface area contributed by atoms with Crippen LogP contribution in [-0.4, -0.2) is 35.9 Å². The van der Waals surface area contributed by atoms with Crippen LogP contribution in [0.3, 0.4) is 0 Å². The molecule has 2 rings (SSSR count). The third kappa shape index (κ3) is 3.76. The van der Waals surface area contributed by atoms with Gasteiger partial charge < -0.3 is 20.5 Å². The van der Waals surface area contributed by atoms with Crippen LogP contribution in [0.4, 0.5) is 19.3 Å². The molecule has 1 aromatic heterocycles. The fourth-order valence-electron chi connectivity index (χ4n) is 1.78. The highest BCUT2D eigenvalue weighted by Gasteiger charge is 2.13. The average molecular weight is 297 g/mol. The lowest BCUT2D eigenvalue weighted by Crippen LogP contribution is -2.31. The number of carbonyl (C=O) groups is 1. The third-order valence-corrected chi connectivity index (χ3v) is 2.59. The van der Waals surface area contributed by atoms with E-state index in [1.807, 2.05) is 0 Å². The Labute approximate surface area is 118 Å². The van der Waals surface area contributed by atoms with Crippen LogP contribution in [0.2, 0.25) is 0 Å². The van der Waals surface area contributed by atoms with Crippen molar-refractivity contribution in [1.29, 1.82) is 0 Å². The van der Waals surface area contributed by atoms with Crippen molar-refractivity contribution in [2.45, 2.75) is 6.61 Å². The Bertz CT molecular complexity index is 637. The Kier molecular flexibility index (Phi) is 4.83. The molecular weight excluding hydrogens is 284 g/mol. The van der Waals surface area contributed by atoms with Gasteiger partial charge in [-0.25, -0.2) is 4.79 Å². The van der Waals surface area contributed by atoms with Gasteiger partial charge in [-0.1, -0.05) is 0 Å².